The second-order valence-corrected chi connectivity index (χ2v) is 9.67. The second-order valence-electron chi connectivity index (χ2n) is 7.02. The van der Waals surface area contributed by atoms with Crippen molar-refractivity contribution in [3.8, 4) is 0 Å². The fourth-order valence-electron chi connectivity index (χ4n) is 3.32. The molecule has 4 rings (SSSR count). The molecule has 0 aliphatic heterocycles. The first kappa shape index (κ1) is 21.4. The van der Waals surface area contributed by atoms with E-state index >= 15 is 0 Å². The number of rotatable bonds is 7. The number of nitrogens with one attached hydrogen (secondary N) is 1. The molecular formula is C24H19BrN2O3S. The molecule has 0 saturated carbocycles. The summed E-state index contributed by atoms with van der Waals surface area (Å²) in [6.45, 7) is 0.241. The van der Waals surface area contributed by atoms with E-state index in [-0.39, 0.29) is 17.2 Å². The Bertz CT molecular complexity index is 1350. The predicted molar refractivity (Wildman–Crippen MR) is 125 cm³/mol. The maximum atomic E-state index is 12.8. The van der Waals surface area contributed by atoms with Crippen LogP contribution in [0.25, 0.3) is 10.9 Å². The van der Waals surface area contributed by atoms with Gasteiger partial charge in [0.25, 0.3) is 0 Å². The van der Waals surface area contributed by atoms with Crippen molar-refractivity contribution >= 4 is 42.6 Å². The molecule has 0 fully saturated rings. The smallest absolute Gasteiger partial charge is 0.242 e. The minimum atomic E-state index is -3.69. The van der Waals surface area contributed by atoms with Crippen LogP contribution in [0.2, 0.25) is 0 Å². The number of carbonyl (C=O) groups excluding carboxylic acids is 1. The summed E-state index contributed by atoms with van der Waals surface area (Å²) >= 11 is 3.38. The number of hydrogen-bond acceptors (Lipinski definition) is 4. The summed E-state index contributed by atoms with van der Waals surface area (Å²) in [5, 5.41) is 0.774. The largest absolute Gasteiger partial charge is 0.289 e. The van der Waals surface area contributed by atoms with Crippen LogP contribution in [-0.2, 0) is 16.4 Å². The van der Waals surface area contributed by atoms with Crippen molar-refractivity contribution in [1.29, 1.82) is 0 Å². The van der Waals surface area contributed by atoms with Crippen molar-refractivity contribution < 1.29 is 13.2 Å². The van der Waals surface area contributed by atoms with E-state index in [4.69, 9.17) is 0 Å². The van der Waals surface area contributed by atoms with Crippen LogP contribution in [0.1, 0.15) is 21.5 Å². The number of halogens is 1. The molecule has 1 heterocycles. The zero-order valence-electron chi connectivity index (χ0n) is 16.5. The van der Waals surface area contributed by atoms with Gasteiger partial charge >= 0.3 is 0 Å². The summed E-state index contributed by atoms with van der Waals surface area (Å²) in [7, 11) is -3.69. The van der Waals surface area contributed by atoms with Gasteiger partial charge in [0.1, 0.15) is 4.90 Å². The SMILES string of the molecule is O=C(c1ccc(CCNS(=O)(=O)c2cccc3cccnc23)cc1)c1cccc(Br)c1. The minimum absolute atomic E-state index is 0.0583. The zero-order chi connectivity index (χ0) is 21.8. The Labute approximate surface area is 189 Å². The fourth-order valence-corrected chi connectivity index (χ4v) is 4.93. The van der Waals surface area contributed by atoms with Crippen LogP contribution in [0.5, 0.6) is 0 Å². The van der Waals surface area contributed by atoms with Gasteiger partial charge in [-0.05, 0) is 36.2 Å². The van der Waals surface area contributed by atoms with E-state index in [0.29, 0.717) is 23.1 Å². The average Bonchev–Trinajstić information content (AvgIpc) is 2.78. The molecule has 0 aliphatic rings. The van der Waals surface area contributed by atoms with E-state index in [1.54, 1.807) is 48.7 Å². The van der Waals surface area contributed by atoms with Gasteiger partial charge in [-0.2, -0.15) is 0 Å². The lowest BCUT2D eigenvalue weighted by atomic mass is 10.0. The fraction of sp³-hybridized carbons (Fsp3) is 0.0833. The van der Waals surface area contributed by atoms with E-state index in [0.717, 1.165) is 15.4 Å². The van der Waals surface area contributed by atoms with Crippen LogP contribution in [0.15, 0.2) is 94.4 Å². The number of benzene rings is 3. The summed E-state index contributed by atoms with van der Waals surface area (Å²) < 4.78 is 29.0. The second kappa shape index (κ2) is 9.09. The maximum absolute atomic E-state index is 12.8. The molecule has 0 atom stereocenters. The van der Waals surface area contributed by atoms with Crippen molar-refractivity contribution in [1.82, 2.24) is 9.71 Å². The predicted octanol–water partition coefficient (Wildman–Crippen LogP) is 4.75. The molecule has 31 heavy (non-hydrogen) atoms. The van der Waals surface area contributed by atoms with Gasteiger partial charge in [-0.25, -0.2) is 13.1 Å². The normalized spacial score (nSPS) is 11.5. The van der Waals surface area contributed by atoms with Gasteiger partial charge in [-0.15, -0.1) is 0 Å². The van der Waals surface area contributed by atoms with Gasteiger partial charge in [-0.3, -0.25) is 9.78 Å². The Hall–Kier alpha value is -2.87. The van der Waals surface area contributed by atoms with Gasteiger partial charge in [0, 0.05) is 33.7 Å². The van der Waals surface area contributed by atoms with Crippen molar-refractivity contribution in [2.45, 2.75) is 11.3 Å². The molecule has 1 aromatic heterocycles. The first-order chi connectivity index (χ1) is 14.9. The third kappa shape index (κ3) is 4.90. The van der Waals surface area contributed by atoms with Crippen LogP contribution in [0, 0.1) is 0 Å². The lowest BCUT2D eigenvalue weighted by Gasteiger charge is -2.09. The molecule has 156 valence electrons. The Kier molecular flexibility index (Phi) is 6.27. The monoisotopic (exact) mass is 494 g/mol. The third-order valence-electron chi connectivity index (χ3n) is 4.89. The summed E-state index contributed by atoms with van der Waals surface area (Å²) in [5.74, 6) is -0.0583. The number of nitrogens with zero attached hydrogens (tertiary/aromatic N) is 1. The van der Waals surface area contributed by atoms with Crippen LogP contribution < -0.4 is 4.72 Å². The van der Waals surface area contributed by atoms with E-state index in [9.17, 15) is 13.2 Å². The first-order valence-corrected chi connectivity index (χ1v) is 11.9. The standard InChI is InChI=1S/C24H19BrN2O3S/c25-21-7-1-5-20(16-21)24(28)19-11-9-17(10-12-19)13-15-27-31(29,30)22-8-2-4-18-6-3-14-26-23(18)22/h1-12,14,16,27H,13,15H2. The van der Waals surface area contributed by atoms with Gasteiger partial charge in [0.2, 0.25) is 10.0 Å². The molecule has 0 spiro atoms. The van der Waals surface area contributed by atoms with Crippen LogP contribution >= 0.6 is 15.9 Å². The molecule has 3 aromatic carbocycles. The number of fused-ring (bicyclic) bond motifs is 1. The molecule has 0 bridgehead atoms. The highest BCUT2D eigenvalue weighted by atomic mass is 79.9. The van der Waals surface area contributed by atoms with Gasteiger partial charge < -0.3 is 0 Å². The number of ketones is 1. The molecule has 4 aromatic rings. The molecule has 0 saturated heterocycles. The minimum Gasteiger partial charge on any atom is -0.289 e. The van der Waals surface area contributed by atoms with Crippen molar-refractivity contribution in [2.75, 3.05) is 6.54 Å². The van der Waals surface area contributed by atoms with Gasteiger partial charge in [0.05, 0.1) is 5.52 Å². The van der Waals surface area contributed by atoms with Crippen LogP contribution in [0.4, 0.5) is 0 Å². The highest BCUT2D eigenvalue weighted by molar-refractivity contribution is 9.10. The summed E-state index contributed by atoms with van der Waals surface area (Å²) in [6, 6.07) is 23.2. The van der Waals surface area contributed by atoms with Crippen LogP contribution in [0.3, 0.4) is 0 Å². The van der Waals surface area contributed by atoms with E-state index in [1.807, 2.05) is 36.4 Å². The van der Waals surface area contributed by atoms with Gasteiger partial charge in [0.15, 0.2) is 5.78 Å². The number of sulfonamides is 1. The third-order valence-corrected chi connectivity index (χ3v) is 6.88. The number of hydrogen-bond donors (Lipinski definition) is 1. The summed E-state index contributed by atoms with van der Waals surface area (Å²) in [6.07, 6.45) is 2.08. The van der Waals surface area contributed by atoms with Crippen LogP contribution in [-0.4, -0.2) is 25.7 Å². The molecule has 7 heteroatoms. The van der Waals surface area contributed by atoms with Crippen molar-refractivity contribution in [2.24, 2.45) is 0 Å². The molecule has 5 nitrogen and oxygen atoms in total. The lowest BCUT2D eigenvalue weighted by Crippen LogP contribution is -2.26. The Balaban J connectivity index is 1.42. The molecule has 0 amide bonds. The maximum Gasteiger partial charge on any atom is 0.242 e. The number of para-hydroxylation sites is 1. The summed E-state index contributed by atoms with van der Waals surface area (Å²) in [4.78, 5) is 17.0. The molecule has 0 radical (unpaired) electrons. The highest BCUT2D eigenvalue weighted by Gasteiger charge is 2.17. The molecule has 0 aliphatic carbocycles. The topological polar surface area (TPSA) is 76.1 Å². The first-order valence-electron chi connectivity index (χ1n) is 9.67. The Morgan fingerprint density at radius 3 is 2.42 bits per heavy atom. The number of aromatic nitrogens is 1. The molecule has 0 unspecified atom stereocenters. The van der Waals surface area contributed by atoms with E-state index < -0.39 is 10.0 Å². The Morgan fingerprint density at radius 2 is 1.65 bits per heavy atom. The van der Waals surface area contributed by atoms with E-state index in [2.05, 4.69) is 25.6 Å². The average molecular weight is 495 g/mol. The number of carbonyl (C=O) groups is 1. The molecule has 1 N–H and O–H groups in total. The molecular weight excluding hydrogens is 476 g/mol. The van der Waals surface area contributed by atoms with Gasteiger partial charge in [-0.1, -0.05) is 70.5 Å². The van der Waals surface area contributed by atoms with Crippen molar-refractivity contribution in [3.63, 3.8) is 0 Å². The van der Waals surface area contributed by atoms with E-state index in [1.165, 1.54) is 0 Å². The number of pyridine rings is 1. The Morgan fingerprint density at radius 1 is 0.903 bits per heavy atom. The zero-order valence-corrected chi connectivity index (χ0v) is 18.9. The summed E-state index contributed by atoms with van der Waals surface area (Å²) in [5.41, 5.74) is 2.58. The lowest BCUT2D eigenvalue weighted by molar-refractivity contribution is 0.103. The van der Waals surface area contributed by atoms with Crippen molar-refractivity contribution in [3.05, 3.63) is 106 Å². The quantitative estimate of drug-likeness (QED) is 0.376. The highest BCUT2D eigenvalue weighted by Crippen LogP contribution is 2.20.